The lowest BCUT2D eigenvalue weighted by Gasteiger charge is -2.37. The summed E-state index contributed by atoms with van der Waals surface area (Å²) in [6.07, 6.45) is -4.11. The Morgan fingerprint density at radius 3 is 2.44 bits per heavy atom. The van der Waals surface area contributed by atoms with Gasteiger partial charge < -0.3 is 5.73 Å². The van der Waals surface area contributed by atoms with Crippen LogP contribution in [0.4, 0.5) is 13.2 Å². The molecule has 0 unspecified atom stereocenters. The summed E-state index contributed by atoms with van der Waals surface area (Å²) in [4.78, 5) is 1.79. The molecular formula is C13H17F3N2. The fourth-order valence-corrected chi connectivity index (χ4v) is 2.44. The summed E-state index contributed by atoms with van der Waals surface area (Å²) in [5.74, 6) is -1.30. The van der Waals surface area contributed by atoms with Crippen molar-refractivity contribution in [1.82, 2.24) is 4.90 Å². The average molecular weight is 258 g/mol. The third kappa shape index (κ3) is 3.46. The van der Waals surface area contributed by atoms with E-state index < -0.39 is 18.1 Å². The second-order valence-corrected chi connectivity index (χ2v) is 4.91. The lowest BCUT2D eigenvalue weighted by atomic mass is 9.94. The first kappa shape index (κ1) is 13.4. The summed E-state index contributed by atoms with van der Waals surface area (Å²) in [5.41, 5.74) is 6.75. The van der Waals surface area contributed by atoms with Crippen molar-refractivity contribution in [3.05, 3.63) is 35.9 Å². The molecule has 18 heavy (non-hydrogen) atoms. The fraction of sp³-hybridized carbons (Fsp3) is 0.538. The standard InChI is InChI=1S/C13H17F3N2/c14-13(15,16)11-6-12(17)9-18(8-11)7-10-4-2-1-3-5-10/h1-5,11-12H,6-9,17H2/t11-,12+/m0/s1. The molecule has 5 heteroatoms. The molecule has 0 saturated carbocycles. The van der Waals surface area contributed by atoms with Crippen LogP contribution >= 0.6 is 0 Å². The number of piperidine rings is 1. The summed E-state index contributed by atoms with van der Waals surface area (Å²) in [6.45, 7) is 1.11. The molecule has 0 bridgehead atoms. The normalized spacial score (nSPS) is 26.2. The maximum absolute atomic E-state index is 12.7. The second-order valence-electron chi connectivity index (χ2n) is 4.91. The van der Waals surface area contributed by atoms with Crippen LogP contribution in [0, 0.1) is 5.92 Å². The molecule has 1 aromatic carbocycles. The highest BCUT2D eigenvalue weighted by atomic mass is 19.4. The molecule has 0 aliphatic carbocycles. The lowest BCUT2D eigenvalue weighted by molar-refractivity contribution is -0.188. The Morgan fingerprint density at radius 2 is 1.83 bits per heavy atom. The number of likely N-dealkylation sites (tertiary alicyclic amines) is 1. The van der Waals surface area contributed by atoms with E-state index in [9.17, 15) is 13.2 Å². The zero-order valence-electron chi connectivity index (χ0n) is 10.0. The zero-order chi connectivity index (χ0) is 13.2. The molecule has 0 aromatic heterocycles. The first-order valence-corrected chi connectivity index (χ1v) is 6.03. The molecule has 100 valence electrons. The number of nitrogens with two attached hydrogens (primary N) is 1. The molecule has 1 aliphatic heterocycles. The van der Waals surface area contributed by atoms with E-state index >= 15 is 0 Å². The maximum atomic E-state index is 12.7. The van der Waals surface area contributed by atoms with Crippen LogP contribution in [-0.4, -0.2) is 30.2 Å². The Hall–Kier alpha value is -1.07. The zero-order valence-corrected chi connectivity index (χ0v) is 10.0. The fourth-order valence-electron chi connectivity index (χ4n) is 2.44. The Balaban J connectivity index is 2.01. The van der Waals surface area contributed by atoms with Crippen molar-refractivity contribution in [3.8, 4) is 0 Å². The average Bonchev–Trinajstić information content (AvgIpc) is 2.28. The topological polar surface area (TPSA) is 29.3 Å². The van der Waals surface area contributed by atoms with Gasteiger partial charge in [-0.2, -0.15) is 13.2 Å². The molecular weight excluding hydrogens is 241 g/mol. The number of halogens is 3. The minimum absolute atomic E-state index is 0.0365. The number of alkyl halides is 3. The highest BCUT2D eigenvalue weighted by molar-refractivity contribution is 5.14. The summed E-state index contributed by atoms with van der Waals surface area (Å²) >= 11 is 0. The highest BCUT2D eigenvalue weighted by Crippen LogP contribution is 2.33. The van der Waals surface area contributed by atoms with Crippen LogP contribution in [0.15, 0.2) is 30.3 Å². The van der Waals surface area contributed by atoms with Crippen LogP contribution in [0.5, 0.6) is 0 Å². The van der Waals surface area contributed by atoms with Crippen molar-refractivity contribution in [2.75, 3.05) is 13.1 Å². The van der Waals surface area contributed by atoms with E-state index in [1.54, 1.807) is 4.90 Å². The Labute approximate surface area is 105 Å². The molecule has 0 radical (unpaired) electrons. The number of hydrogen-bond acceptors (Lipinski definition) is 2. The van der Waals surface area contributed by atoms with Gasteiger partial charge in [0.25, 0.3) is 0 Å². The predicted molar refractivity (Wildman–Crippen MR) is 63.9 cm³/mol. The Morgan fingerprint density at radius 1 is 1.17 bits per heavy atom. The smallest absolute Gasteiger partial charge is 0.327 e. The second kappa shape index (κ2) is 5.28. The molecule has 1 heterocycles. The molecule has 2 N–H and O–H groups in total. The molecule has 2 rings (SSSR count). The molecule has 0 amide bonds. The van der Waals surface area contributed by atoms with Crippen molar-refractivity contribution >= 4 is 0 Å². The van der Waals surface area contributed by atoms with Gasteiger partial charge in [-0.1, -0.05) is 30.3 Å². The first-order chi connectivity index (χ1) is 8.45. The van der Waals surface area contributed by atoms with E-state index in [2.05, 4.69) is 0 Å². The quantitative estimate of drug-likeness (QED) is 0.882. The molecule has 2 nitrogen and oxygen atoms in total. The number of nitrogens with zero attached hydrogens (tertiary/aromatic N) is 1. The van der Waals surface area contributed by atoms with Gasteiger partial charge in [0.1, 0.15) is 0 Å². The van der Waals surface area contributed by atoms with E-state index in [1.165, 1.54) is 0 Å². The van der Waals surface area contributed by atoms with Crippen molar-refractivity contribution in [3.63, 3.8) is 0 Å². The van der Waals surface area contributed by atoms with Crippen LogP contribution in [0.1, 0.15) is 12.0 Å². The lowest BCUT2D eigenvalue weighted by Crippen LogP contribution is -2.50. The van der Waals surface area contributed by atoms with E-state index in [1.807, 2.05) is 30.3 Å². The van der Waals surface area contributed by atoms with Crippen LogP contribution in [0.25, 0.3) is 0 Å². The molecule has 0 spiro atoms. The van der Waals surface area contributed by atoms with Crippen molar-refractivity contribution in [2.45, 2.75) is 25.2 Å². The van der Waals surface area contributed by atoms with Gasteiger partial charge >= 0.3 is 6.18 Å². The minimum atomic E-state index is -4.15. The van der Waals surface area contributed by atoms with E-state index in [-0.39, 0.29) is 13.0 Å². The molecule has 1 fully saturated rings. The monoisotopic (exact) mass is 258 g/mol. The van der Waals surface area contributed by atoms with E-state index in [4.69, 9.17) is 5.73 Å². The number of rotatable bonds is 2. The summed E-state index contributed by atoms with van der Waals surface area (Å²) in [6, 6.07) is 9.12. The van der Waals surface area contributed by atoms with Crippen LogP contribution < -0.4 is 5.73 Å². The minimum Gasteiger partial charge on any atom is -0.327 e. The van der Waals surface area contributed by atoms with Gasteiger partial charge in [0.05, 0.1) is 5.92 Å². The third-order valence-electron chi connectivity index (χ3n) is 3.27. The summed E-state index contributed by atoms with van der Waals surface area (Å²) in [5, 5.41) is 0. The van der Waals surface area contributed by atoms with E-state index in [0.717, 1.165) is 5.56 Å². The molecule has 1 aromatic rings. The van der Waals surface area contributed by atoms with E-state index in [0.29, 0.717) is 13.1 Å². The van der Waals surface area contributed by atoms with Crippen LogP contribution in [0.3, 0.4) is 0 Å². The number of hydrogen-bond donors (Lipinski definition) is 1. The summed E-state index contributed by atoms with van der Waals surface area (Å²) in [7, 11) is 0. The van der Waals surface area contributed by atoms with Gasteiger partial charge in [0.2, 0.25) is 0 Å². The maximum Gasteiger partial charge on any atom is 0.393 e. The van der Waals surface area contributed by atoms with Gasteiger partial charge in [0.15, 0.2) is 0 Å². The summed E-state index contributed by atoms with van der Waals surface area (Å²) < 4.78 is 38.2. The van der Waals surface area contributed by atoms with Crippen LogP contribution in [-0.2, 0) is 6.54 Å². The van der Waals surface area contributed by atoms with Gasteiger partial charge in [0, 0.05) is 25.7 Å². The van der Waals surface area contributed by atoms with Crippen LogP contribution in [0.2, 0.25) is 0 Å². The van der Waals surface area contributed by atoms with Gasteiger partial charge in [-0.05, 0) is 12.0 Å². The van der Waals surface area contributed by atoms with Crippen molar-refractivity contribution in [2.24, 2.45) is 11.7 Å². The molecule has 1 aliphatic rings. The Kier molecular flexibility index (Phi) is 3.92. The van der Waals surface area contributed by atoms with Gasteiger partial charge in [-0.25, -0.2) is 0 Å². The Bertz CT molecular complexity index is 378. The SMILES string of the molecule is N[C@@H]1C[C@H](C(F)(F)F)CN(Cc2ccccc2)C1. The van der Waals surface area contributed by atoms with Gasteiger partial charge in [-0.15, -0.1) is 0 Å². The number of benzene rings is 1. The molecule has 1 saturated heterocycles. The van der Waals surface area contributed by atoms with Crippen molar-refractivity contribution < 1.29 is 13.2 Å². The predicted octanol–water partition coefficient (Wildman–Crippen LogP) is 2.40. The largest absolute Gasteiger partial charge is 0.393 e. The van der Waals surface area contributed by atoms with Crippen molar-refractivity contribution in [1.29, 1.82) is 0 Å². The first-order valence-electron chi connectivity index (χ1n) is 6.03. The highest BCUT2D eigenvalue weighted by Gasteiger charge is 2.43. The molecule has 2 atom stereocenters. The third-order valence-corrected chi connectivity index (χ3v) is 3.27. The van der Waals surface area contributed by atoms with Gasteiger partial charge in [-0.3, -0.25) is 4.90 Å².